The Balaban J connectivity index is 1.24. The van der Waals surface area contributed by atoms with Crippen molar-refractivity contribution in [2.75, 3.05) is 6.61 Å². The molecule has 10 nitrogen and oxygen atoms in total. The maximum Gasteiger partial charge on any atom is 0.245 e. The third-order valence-corrected chi connectivity index (χ3v) is 11.6. The normalized spacial score (nSPS) is 27.8. The van der Waals surface area contributed by atoms with Crippen LogP contribution in [0.3, 0.4) is 0 Å². The van der Waals surface area contributed by atoms with Gasteiger partial charge in [0.05, 0.1) is 34.7 Å². The molecule has 0 saturated carbocycles. The summed E-state index contributed by atoms with van der Waals surface area (Å²) in [6.45, 7) is 2.11. The van der Waals surface area contributed by atoms with E-state index in [0.717, 1.165) is 16.6 Å². The molecule has 2 bridgehead atoms. The zero-order valence-corrected chi connectivity index (χ0v) is 25.1. The van der Waals surface area contributed by atoms with E-state index in [1.165, 1.54) is 0 Å². The highest BCUT2D eigenvalue weighted by molar-refractivity contribution is 8.02. The zero-order valence-electron chi connectivity index (χ0n) is 24.3. The molecule has 1 aromatic heterocycles. The lowest BCUT2D eigenvalue weighted by Gasteiger charge is -2.37. The van der Waals surface area contributed by atoms with Crippen LogP contribution in [0.2, 0.25) is 0 Å². The number of fused-ring (bicyclic) bond motifs is 2. The second kappa shape index (κ2) is 11.0. The van der Waals surface area contributed by atoms with E-state index >= 15 is 0 Å². The van der Waals surface area contributed by atoms with Crippen molar-refractivity contribution in [3.8, 4) is 0 Å². The van der Waals surface area contributed by atoms with Gasteiger partial charge in [0.15, 0.2) is 0 Å². The zero-order chi connectivity index (χ0) is 30.5. The fourth-order valence-electron chi connectivity index (χ4n) is 7.61. The molecule has 1 spiro atoms. The minimum Gasteiger partial charge on any atom is -0.394 e. The SMILES string of the molecule is C[C@@]12CCC3(S1)C(C(=O)NCn1nnc4ccccc41)N([C@H](CO)c1ccccc1)C(=O)[C@@H]3[C@@H]2C(=O)NCc1ccccc1. The summed E-state index contributed by atoms with van der Waals surface area (Å²) in [5.41, 5.74) is 3.19. The molecule has 0 aliphatic carbocycles. The number of carbonyl (C=O) groups excluding carboxylic acids is 3. The van der Waals surface area contributed by atoms with Crippen LogP contribution < -0.4 is 10.6 Å². The van der Waals surface area contributed by atoms with Crippen molar-refractivity contribution in [3.63, 3.8) is 0 Å². The molecule has 3 amide bonds. The van der Waals surface area contributed by atoms with Gasteiger partial charge >= 0.3 is 0 Å². The first kappa shape index (κ1) is 28.5. The van der Waals surface area contributed by atoms with Crippen molar-refractivity contribution in [1.29, 1.82) is 0 Å². The van der Waals surface area contributed by atoms with Crippen LogP contribution >= 0.6 is 11.8 Å². The summed E-state index contributed by atoms with van der Waals surface area (Å²) in [5, 5.41) is 25.2. The van der Waals surface area contributed by atoms with E-state index < -0.39 is 33.4 Å². The standard InChI is InChI=1S/C33H34N6O4S/c1-32-16-17-33(44-32)27(26(32)29(41)34-18-21-10-4-2-5-11-21)31(43)39(25(19-40)22-12-6-3-7-13-22)28(33)30(42)35-20-38-24-15-9-8-14-23(24)36-37-38/h2-15,25-28,40H,16-20H2,1H3,(H,34,41)(H,35,42)/t25-,26-,27+,28?,32+,33?/m1/s1. The van der Waals surface area contributed by atoms with E-state index in [2.05, 4.69) is 20.9 Å². The Bertz CT molecular complexity index is 1720. The van der Waals surface area contributed by atoms with Gasteiger partial charge in [0.2, 0.25) is 17.7 Å². The van der Waals surface area contributed by atoms with E-state index in [9.17, 15) is 19.5 Å². The number of aromatic nitrogens is 3. The summed E-state index contributed by atoms with van der Waals surface area (Å²) in [7, 11) is 0. The molecular weight excluding hydrogens is 576 g/mol. The van der Waals surface area contributed by atoms with Gasteiger partial charge in [-0.15, -0.1) is 16.9 Å². The van der Waals surface area contributed by atoms with Gasteiger partial charge in [-0.25, -0.2) is 4.68 Å². The molecule has 3 N–H and O–H groups in total. The van der Waals surface area contributed by atoms with Crippen molar-refractivity contribution in [3.05, 3.63) is 96.1 Å². The smallest absolute Gasteiger partial charge is 0.245 e. The average molecular weight is 611 g/mol. The number of carbonyl (C=O) groups is 3. The Hall–Kier alpha value is -4.22. The Kier molecular flexibility index (Phi) is 7.17. The van der Waals surface area contributed by atoms with Crippen LogP contribution in [0.5, 0.6) is 0 Å². The highest BCUT2D eigenvalue weighted by atomic mass is 32.2. The van der Waals surface area contributed by atoms with Crippen LogP contribution in [-0.4, -0.2) is 64.9 Å². The van der Waals surface area contributed by atoms with Crippen LogP contribution in [0.1, 0.15) is 36.9 Å². The van der Waals surface area contributed by atoms with Crippen LogP contribution in [0.25, 0.3) is 11.0 Å². The molecule has 7 rings (SSSR count). The molecule has 3 fully saturated rings. The number of likely N-dealkylation sites (tertiary alicyclic amines) is 1. The largest absolute Gasteiger partial charge is 0.394 e. The molecular formula is C33H34N6O4S. The summed E-state index contributed by atoms with van der Waals surface area (Å²) in [4.78, 5) is 44.4. The van der Waals surface area contributed by atoms with Crippen LogP contribution in [0.15, 0.2) is 84.9 Å². The number of thioether (sulfide) groups is 1. The second-order valence-electron chi connectivity index (χ2n) is 12.1. The van der Waals surface area contributed by atoms with Gasteiger partial charge in [0, 0.05) is 11.3 Å². The number of aliphatic hydroxyl groups excluding tert-OH is 1. The maximum atomic E-state index is 14.6. The molecule has 4 heterocycles. The molecule has 0 radical (unpaired) electrons. The maximum absolute atomic E-state index is 14.6. The molecule has 226 valence electrons. The van der Waals surface area contributed by atoms with E-state index in [1.54, 1.807) is 21.3 Å². The number of nitrogens with zero attached hydrogens (tertiary/aromatic N) is 4. The molecule has 3 aliphatic heterocycles. The summed E-state index contributed by atoms with van der Waals surface area (Å²) in [6, 6.07) is 24.8. The fourth-order valence-corrected chi connectivity index (χ4v) is 9.95. The number of para-hydroxylation sites is 1. The van der Waals surface area contributed by atoms with Crippen LogP contribution in [0.4, 0.5) is 0 Å². The van der Waals surface area contributed by atoms with Crippen molar-refractivity contribution in [2.45, 2.75) is 54.6 Å². The number of amides is 3. The first-order valence-corrected chi connectivity index (χ1v) is 15.7. The van der Waals surface area contributed by atoms with E-state index in [4.69, 9.17) is 0 Å². The third-order valence-electron chi connectivity index (χ3n) is 9.57. The minimum absolute atomic E-state index is 0.0661. The van der Waals surface area contributed by atoms with E-state index in [-0.39, 0.29) is 31.0 Å². The van der Waals surface area contributed by atoms with Gasteiger partial charge in [-0.1, -0.05) is 78.0 Å². The summed E-state index contributed by atoms with van der Waals surface area (Å²) >= 11 is 1.60. The predicted molar refractivity (Wildman–Crippen MR) is 166 cm³/mol. The molecule has 4 aromatic rings. The number of nitrogens with one attached hydrogen (secondary N) is 2. The summed E-state index contributed by atoms with van der Waals surface area (Å²) in [5.74, 6) is -2.11. The second-order valence-corrected chi connectivity index (χ2v) is 14.0. The Labute approximate surface area is 259 Å². The highest BCUT2D eigenvalue weighted by Crippen LogP contribution is 2.72. The molecule has 6 atom stereocenters. The van der Waals surface area contributed by atoms with Gasteiger partial charge < -0.3 is 20.6 Å². The molecule has 3 aromatic carbocycles. The van der Waals surface area contributed by atoms with Crippen molar-refractivity contribution < 1.29 is 19.5 Å². The molecule has 11 heteroatoms. The third kappa shape index (κ3) is 4.48. The van der Waals surface area contributed by atoms with Crippen molar-refractivity contribution in [1.82, 2.24) is 30.5 Å². The number of aliphatic hydroxyl groups is 1. The molecule has 3 saturated heterocycles. The Morgan fingerprint density at radius 2 is 1.68 bits per heavy atom. The van der Waals surface area contributed by atoms with Crippen LogP contribution in [-0.2, 0) is 27.6 Å². The fraction of sp³-hybridized carbons (Fsp3) is 0.364. The molecule has 2 unspecified atom stereocenters. The lowest BCUT2D eigenvalue weighted by Crippen LogP contribution is -2.55. The van der Waals surface area contributed by atoms with Crippen LogP contribution in [0, 0.1) is 11.8 Å². The Morgan fingerprint density at radius 3 is 2.43 bits per heavy atom. The number of rotatable bonds is 9. The highest BCUT2D eigenvalue weighted by Gasteiger charge is 2.77. The van der Waals surface area contributed by atoms with Gasteiger partial charge in [0.25, 0.3) is 0 Å². The minimum atomic E-state index is -0.897. The van der Waals surface area contributed by atoms with Gasteiger partial charge in [-0.2, -0.15) is 0 Å². The average Bonchev–Trinajstić information content (AvgIpc) is 3.76. The van der Waals surface area contributed by atoms with Gasteiger partial charge in [-0.05, 0) is 43.0 Å². The topological polar surface area (TPSA) is 129 Å². The summed E-state index contributed by atoms with van der Waals surface area (Å²) in [6.07, 6.45) is 1.31. The molecule has 3 aliphatic rings. The van der Waals surface area contributed by atoms with E-state index in [0.29, 0.717) is 24.9 Å². The van der Waals surface area contributed by atoms with Gasteiger partial charge in [0.1, 0.15) is 18.2 Å². The lowest BCUT2D eigenvalue weighted by atomic mass is 9.66. The number of hydrogen-bond acceptors (Lipinski definition) is 7. The Morgan fingerprint density at radius 1 is 0.977 bits per heavy atom. The van der Waals surface area contributed by atoms with Crippen molar-refractivity contribution >= 4 is 40.5 Å². The van der Waals surface area contributed by atoms with Gasteiger partial charge in [-0.3, -0.25) is 14.4 Å². The first-order valence-electron chi connectivity index (χ1n) is 14.9. The van der Waals surface area contributed by atoms with E-state index in [1.807, 2.05) is 91.9 Å². The quantitative estimate of drug-likeness (QED) is 0.266. The summed E-state index contributed by atoms with van der Waals surface area (Å²) < 4.78 is 0.289. The number of benzene rings is 3. The lowest BCUT2D eigenvalue weighted by molar-refractivity contribution is -0.143. The predicted octanol–water partition coefficient (Wildman–Crippen LogP) is 3.04. The first-order chi connectivity index (χ1) is 21.4. The van der Waals surface area contributed by atoms with Crippen molar-refractivity contribution in [2.24, 2.45) is 11.8 Å². The molecule has 44 heavy (non-hydrogen) atoms. The number of hydrogen-bond donors (Lipinski definition) is 3. The monoisotopic (exact) mass is 610 g/mol.